The van der Waals surface area contributed by atoms with Gasteiger partial charge in [0.1, 0.15) is 11.8 Å². The first kappa shape index (κ1) is 15.3. The van der Waals surface area contributed by atoms with Crippen molar-refractivity contribution in [2.24, 2.45) is 0 Å². The fraction of sp³-hybridized carbons (Fsp3) is 0.385. The van der Waals surface area contributed by atoms with Crippen LogP contribution in [0.5, 0.6) is 5.75 Å². The van der Waals surface area contributed by atoms with Gasteiger partial charge in [-0.1, -0.05) is 17.7 Å². The van der Waals surface area contributed by atoms with E-state index in [9.17, 15) is 9.59 Å². The minimum Gasteiger partial charge on any atom is -0.495 e. The van der Waals surface area contributed by atoms with E-state index >= 15 is 0 Å². The van der Waals surface area contributed by atoms with Gasteiger partial charge >= 0.3 is 5.97 Å². The zero-order chi connectivity index (χ0) is 14.4. The number of nitrogens with one attached hydrogen (secondary N) is 1. The van der Waals surface area contributed by atoms with Crippen LogP contribution < -0.4 is 10.1 Å². The van der Waals surface area contributed by atoms with E-state index in [1.807, 2.05) is 6.07 Å². The molecule has 5 nitrogen and oxygen atoms in total. The van der Waals surface area contributed by atoms with Crippen LogP contribution in [0.2, 0.25) is 5.02 Å². The minimum absolute atomic E-state index is 0.209. The molecule has 0 heterocycles. The van der Waals surface area contributed by atoms with E-state index in [0.29, 0.717) is 17.2 Å². The number of ether oxygens (including phenoxy) is 1. The first-order valence-electron chi connectivity index (χ1n) is 5.78. The van der Waals surface area contributed by atoms with Crippen LogP contribution in [0.3, 0.4) is 0 Å². The molecule has 0 aromatic heterocycles. The van der Waals surface area contributed by atoms with Gasteiger partial charge in [-0.15, -0.1) is 0 Å². The molecule has 0 spiro atoms. The molecular weight excluding hydrogens is 270 g/mol. The maximum absolute atomic E-state index is 11.5. The fourth-order valence-corrected chi connectivity index (χ4v) is 1.78. The number of carbonyl (C=O) groups is 2. The highest BCUT2D eigenvalue weighted by molar-refractivity contribution is 6.32. The summed E-state index contributed by atoms with van der Waals surface area (Å²) in [4.78, 5) is 22.1. The van der Waals surface area contributed by atoms with Gasteiger partial charge in [-0.25, -0.2) is 0 Å². The smallest absolute Gasteiger partial charge is 0.325 e. The maximum Gasteiger partial charge on any atom is 0.325 e. The van der Waals surface area contributed by atoms with E-state index in [2.05, 4.69) is 5.32 Å². The van der Waals surface area contributed by atoms with Gasteiger partial charge < -0.3 is 15.2 Å². The number of amides is 1. The quantitative estimate of drug-likeness (QED) is 0.837. The van der Waals surface area contributed by atoms with Gasteiger partial charge in [-0.05, 0) is 31.0 Å². The number of aryl methyl sites for hydroxylation is 1. The molecule has 1 atom stereocenters. The second-order valence-electron chi connectivity index (χ2n) is 4.10. The lowest BCUT2D eigenvalue weighted by molar-refractivity contribution is -0.141. The van der Waals surface area contributed by atoms with Crippen LogP contribution in [-0.4, -0.2) is 30.1 Å². The summed E-state index contributed by atoms with van der Waals surface area (Å²) in [5.74, 6) is -0.781. The Morgan fingerprint density at radius 3 is 2.68 bits per heavy atom. The summed E-state index contributed by atoms with van der Waals surface area (Å²) in [7, 11) is 1.53. The third-order valence-electron chi connectivity index (χ3n) is 2.60. The van der Waals surface area contributed by atoms with Gasteiger partial charge in [-0.2, -0.15) is 0 Å². The van der Waals surface area contributed by atoms with Crippen molar-refractivity contribution in [3.8, 4) is 5.75 Å². The SMILES string of the molecule is COc1ccc(CCC(=O)NC(C)C(=O)O)cc1Cl. The number of hydrogen-bond acceptors (Lipinski definition) is 3. The van der Waals surface area contributed by atoms with Gasteiger partial charge in [-0.3, -0.25) is 9.59 Å². The molecule has 0 aliphatic rings. The van der Waals surface area contributed by atoms with Crippen LogP contribution in [0.25, 0.3) is 0 Å². The standard InChI is InChI=1S/C13H16ClNO4/c1-8(13(17)18)15-12(16)6-4-9-3-5-11(19-2)10(14)7-9/h3,5,7-8H,4,6H2,1-2H3,(H,15,16)(H,17,18). The zero-order valence-electron chi connectivity index (χ0n) is 10.8. The van der Waals surface area contributed by atoms with Gasteiger partial charge in [0.25, 0.3) is 0 Å². The molecule has 0 saturated heterocycles. The fourth-order valence-electron chi connectivity index (χ4n) is 1.50. The molecule has 0 radical (unpaired) electrons. The molecule has 1 rings (SSSR count). The third-order valence-corrected chi connectivity index (χ3v) is 2.90. The van der Waals surface area contributed by atoms with Crippen molar-refractivity contribution in [3.05, 3.63) is 28.8 Å². The highest BCUT2D eigenvalue weighted by atomic mass is 35.5. The molecule has 1 aromatic carbocycles. The van der Waals surface area contributed by atoms with E-state index in [4.69, 9.17) is 21.4 Å². The molecule has 0 fully saturated rings. The van der Waals surface area contributed by atoms with Crippen molar-refractivity contribution < 1.29 is 19.4 Å². The lowest BCUT2D eigenvalue weighted by Gasteiger charge is -2.09. The third kappa shape index (κ3) is 4.79. The summed E-state index contributed by atoms with van der Waals surface area (Å²) in [6.45, 7) is 1.42. The van der Waals surface area contributed by atoms with Crippen LogP contribution >= 0.6 is 11.6 Å². The average molecular weight is 286 g/mol. The van der Waals surface area contributed by atoms with Gasteiger partial charge in [0.15, 0.2) is 0 Å². The first-order valence-corrected chi connectivity index (χ1v) is 6.16. The molecule has 0 saturated carbocycles. The first-order chi connectivity index (χ1) is 8.93. The summed E-state index contributed by atoms with van der Waals surface area (Å²) in [6, 6.07) is 4.40. The van der Waals surface area contributed by atoms with Crippen molar-refractivity contribution in [3.63, 3.8) is 0 Å². The maximum atomic E-state index is 11.5. The molecule has 1 amide bonds. The summed E-state index contributed by atoms with van der Waals surface area (Å²) in [5, 5.41) is 11.5. The number of carboxylic acid groups (broad SMARTS) is 1. The van der Waals surface area contributed by atoms with E-state index in [0.717, 1.165) is 5.56 Å². The normalized spacial score (nSPS) is 11.7. The Hall–Kier alpha value is -1.75. The van der Waals surface area contributed by atoms with Gasteiger partial charge in [0, 0.05) is 6.42 Å². The number of carboxylic acids is 1. The second-order valence-corrected chi connectivity index (χ2v) is 4.50. The number of aliphatic carboxylic acids is 1. The summed E-state index contributed by atoms with van der Waals surface area (Å²) >= 11 is 5.97. The van der Waals surface area contributed by atoms with Crippen LogP contribution in [0.1, 0.15) is 18.9 Å². The van der Waals surface area contributed by atoms with Crippen molar-refractivity contribution in [1.82, 2.24) is 5.32 Å². The van der Waals surface area contributed by atoms with E-state index < -0.39 is 12.0 Å². The highest BCUT2D eigenvalue weighted by Gasteiger charge is 2.13. The lowest BCUT2D eigenvalue weighted by Crippen LogP contribution is -2.38. The number of methoxy groups -OCH3 is 1. The summed E-state index contributed by atoms with van der Waals surface area (Å²) in [5.41, 5.74) is 0.893. The van der Waals surface area contributed by atoms with Gasteiger partial charge in [0.2, 0.25) is 5.91 Å². The van der Waals surface area contributed by atoms with Gasteiger partial charge in [0.05, 0.1) is 12.1 Å². The second kappa shape index (κ2) is 6.99. The molecule has 6 heteroatoms. The summed E-state index contributed by atoms with van der Waals surface area (Å²) < 4.78 is 5.03. The molecule has 19 heavy (non-hydrogen) atoms. The minimum atomic E-state index is -1.05. The predicted molar refractivity (Wildman–Crippen MR) is 71.6 cm³/mol. The van der Waals surface area contributed by atoms with E-state index in [1.165, 1.54) is 14.0 Å². The number of carbonyl (C=O) groups excluding carboxylic acids is 1. The molecule has 1 aromatic rings. The zero-order valence-corrected chi connectivity index (χ0v) is 11.5. The Morgan fingerprint density at radius 1 is 1.47 bits per heavy atom. The molecule has 0 aliphatic carbocycles. The molecule has 0 aliphatic heterocycles. The topological polar surface area (TPSA) is 75.6 Å². The number of hydrogen-bond donors (Lipinski definition) is 2. The Labute approximate surface area is 116 Å². The predicted octanol–water partition coefficient (Wildman–Crippen LogP) is 1.87. The van der Waals surface area contributed by atoms with Crippen LogP contribution in [-0.2, 0) is 16.0 Å². The number of benzene rings is 1. The molecular formula is C13H16ClNO4. The average Bonchev–Trinajstić information content (AvgIpc) is 2.36. The molecule has 2 N–H and O–H groups in total. The van der Waals surface area contributed by atoms with Crippen molar-refractivity contribution in [2.75, 3.05) is 7.11 Å². The highest BCUT2D eigenvalue weighted by Crippen LogP contribution is 2.25. The Bertz CT molecular complexity index is 476. The van der Waals surface area contributed by atoms with Crippen LogP contribution in [0, 0.1) is 0 Å². The Kier molecular flexibility index (Phi) is 5.63. The van der Waals surface area contributed by atoms with Crippen LogP contribution in [0.4, 0.5) is 0 Å². The Balaban J connectivity index is 2.50. The van der Waals surface area contributed by atoms with Crippen molar-refractivity contribution in [1.29, 1.82) is 0 Å². The Morgan fingerprint density at radius 2 is 2.16 bits per heavy atom. The van der Waals surface area contributed by atoms with Crippen molar-refractivity contribution >= 4 is 23.5 Å². The molecule has 0 bridgehead atoms. The summed E-state index contributed by atoms with van der Waals surface area (Å²) in [6.07, 6.45) is 0.697. The van der Waals surface area contributed by atoms with E-state index in [-0.39, 0.29) is 12.3 Å². The van der Waals surface area contributed by atoms with E-state index in [1.54, 1.807) is 12.1 Å². The van der Waals surface area contributed by atoms with Crippen LogP contribution in [0.15, 0.2) is 18.2 Å². The lowest BCUT2D eigenvalue weighted by atomic mass is 10.1. The number of halogens is 1. The molecule has 1 unspecified atom stereocenters. The largest absolute Gasteiger partial charge is 0.495 e. The monoisotopic (exact) mass is 285 g/mol. The molecule has 104 valence electrons. The van der Waals surface area contributed by atoms with Crippen molar-refractivity contribution in [2.45, 2.75) is 25.8 Å². The number of rotatable bonds is 6.